The van der Waals surface area contributed by atoms with E-state index in [-0.39, 0.29) is 28.9 Å². The summed E-state index contributed by atoms with van der Waals surface area (Å²) in [6.45, 7) is 2.35. The normalized spacial score (nSPS) is 13.8. The highest BCUT2D eigenvalue weighted by Crippen LogP contribution is 2.22. The average molecular weight is 471 g/mol. The van der Waals surface area contributed by atoms with Crippen LogP contribution in [0.1, 0.15) is 5.56 Å². The number of phenolic OH excluding ortho intramolecular Hbond substituents is 1. The Hall–Kier alpha value is -4.03. The monoisotopic (exact) mass is 470 g/mol. The molecule has 4 rings (SSSR count). The Labute approximate surface area is 193 Å². The Morgan fingerprint density at radius 1 is 1.12 bits per heavy atom. The summed E-state index contributed by atoms with van der Waals surface area (Å²) in [5.41, 5.74) is 3.42. The van der Waals surface area contributed by atoms with Gasteiger partial charge >= 0.3 is 0 Å². The van der Waals surface area contributed by atoms with Gasteiger partial charge in [0.25, 0.3) is 5.69 Å². The van der Waals surface area contributed by atoms with Gasteiger partial charge in [-0.3, -0.25) is 10.1 Å². The molecule has 13 heteroatoms. The van der Waals surface area contributed by atoms with Crippen molar-refractivity contribution >= 4 is 47.0 Å². The number of anilines is 4. The fraction of sp³-hybridized carbons (Fsp3) is 0.200. The fourth-order valence-electron chi connectivity index (χ4n) is 2.96. The number of benzene rings is 2. The molecule has 3 aromatic rings. The van der Waals surface area contributed by atoms with Gasteiger partial charge in [0.1, 0.15) is 5.75 Å². The minimum atomic E-state index is -0.556. The molecule has 1 aromatic heterocycles. The Kier molecular flexibility index (Phi) is 6.76. The molecular weight excluding hydrogens is 452 g/mol. The summed E-state index contributed by atoms with van der Waals surface area (Å²) in [4.78, 5) is 25.6. The molecule has 3 N–H and O–H groups in total. The van der Waals surface area contributed by atoms with Crippen LogP contribution in [0, 0.1) is 10.1 Å². The van der Waals surface area contributed by atoms with E-state index < -0.39 is 4.92 Å². The molecule has 0 aliphatic carbocycles. The van der Waals surface area contributed by atoms with Gasteiger partial charge in [-0.15, -0.1) is 0 Å². The van der Waals surface area contributed by atoms with Crippen molar-refractivity contribution in [2.24, 2.45) is 5.10 Å². The van der Waals surface area contributed by atoms with Crippen LogP contribution >= 0.6 is 11.6 Å². The lowest BCUT2D eigenvalue weighted by molar-refractivity contribution is -0.384. The molecule has 0 bridgehead atoms. The first-order valence-electron chi connectivity index (χ1n) is 9.86. The predicted octanol–water partition coefficient (Wildman–Crippen LogP) is 3.17. The number of hydrazone groups is 1. The van der Waals surface area contributed by atoms with Crippen LogP contribution < -0.4 is 15.6 Å². The number of non-ortho nitro benzene ring substituents is 1. The van der Waals surface area contributed by atoms with E-state index in [1.54, 1.807) is 24.3 Å². The van der Waals surface area contributed by atoms with Crippen molar-refractivity contribution in [1.29, 1.82) is 0 Å². The molecule has 1 fully saturated rings. The van der Waals surface area contributed by atoms with Crippen molar-refractivity contribution in [1.82, 2.24) is 15.0 Å². The summed E-state index contributed by atoms with van der Waals surface area (Å²) in [5.74, 6) is 0.704. The van der Waals surface area contributed by atoms with Crippen molar-refractivity contribution in [2.75, 3.05) is 41.9 Å². The average Bonchev–Trinajstić information content (AvgIpc) is 2.82. The summed E-state index contributed by atoms with van der Waals surface area (Å²) in [6.07, 6.45) is 1.24. The molecule has 12 nitrogen and oxygen atoms in total. The topological polar surface area (TPSA) is 151 Å². The van der Waals surface area contributed by atoms with Crippen LogP contribution in [-0.2, 0) is 4.74 Å². The molecule has 2 aromatic carbocycles. The van der Waals surface area contributed by atoms with Crippen LogP contribution in [-0.4, -0.2) is 57.5 Å². The number of phenols is 1. The molecule has 1 aliphatic heterocycles. The molecule has 0 radical (unpaired) electrons. The van der Waals surface area contributed by atoms with Crippen LogP contribution in [0.25, 0.3) is 0 Å². The minimum absolute atomic E-state index is 0.143. The first-order chi connectivity index (χ1) is 16.0. The second kappa shape index (κ2) is 10.1. The Morgan fingerprint density at radius 2 is 1.85 bits per heavy atom. The van der Waals surface area contributed by atoms with E-state index in [0.29, 0.717) is 37.3 Å². The molecular formula is C20H19ClN8O4. The number of hydrogen-bond donors (Lipinski definition) is 3. The van der Waals surface area contributed by atoms with Crippen LogP contribution in [0.15, 0.2) is 47.6 Å². The molecule has 33 heavy (non-hydrogen) atoms. The van der Waals surface area contributed by atoms with Gasteiger partial charge in [-0.1, -0.05) is 11.6 Å². The number of aromatic hydroxyl groups is 1. The molecule has 0 amide bonds. The van der Waals surface area contributed by atoms with Gasteiger partial charge in [0.15, 0.2) is 0 Å². The maximum Gasteiger partial charge on any atom is 0.270 e. The molecule has 0 atom stereocenters. The molecule has 1 saturated heterocycles. The predicted molar refractivity (Wildman–Crippen MR) is 124 cm³/mol. The quantitative estimate of drug-likeness (QED) is 0.266. The van der Waals surface area contributed by atoms with Gasteiger partial charge in [0.2, 0.25) is 17.8 Å². The summed E-state index contributed by atoms with van der Waals surface area (Å²) in [5, 5.41) is 28.6. The van der Waals surface area contributed by atoms with Crippen LogP contribution in [0.4, 0.5) is 29.2 Å². The summed E-state index contributed by atoms with van der Waals surface area (Å²) >= 11 is 5.94. The van der Waals surface area contributed by atoms with E-state index in [1.165, 1.54) is 24.4 Å². The van der Waals surface area contributed by atoms with Crippen molar-refractivity contribution < 1.29 is 14.8 Å². The third-order valence-electron chi connectivity index (χ3n) is 4.61. The third-order valence-corrected chi connectivity index (χ3v) is 4.86. The van der Waals surface area contributed by atoms with E-state index in [2.05, 4.69) is 30.8 Å². The molecule has 0 spiro atoms. The number of morpholine rings is 1. The van der Waals surface area contributed by atoms with E-state index in [1.807, 2.05) is 4.90 Å². The highest BCUT2D eigenvalue weighted by atomic mass is 35.5. The van der Waals surface area contributed by atoms with Gasteiger partial charge in [-0.2, -0.15) is 20.1 Å². The van der Waals surface area contributed by atoms with Crippen molar-refractivity contribution in [3.8, 4) is 5.75 Å². The minimum Gasteiger partial charge on any atom is -0.507 e. The second-order valence-electron chi connectivity index (χ2n) is 6.88. The van der Waals surface area contributed by atoms with E-state index in [0.717, 1.165) is 5.69 Å². The number of nitro groups is 1. The fourth-order valence-corrected chi connectivity index (χ4v) is 3.08. The molecule has 170 valence electrons. The van der Waals surface area contributed by atoms with Gasteiger partial charge in [-0.05, 0) is 30.3 Å². The second-order valence-corrected chi connectivity index (χ2v) is 7.32. The highest BCUT2D eigenvalue weighted by molar-refractivity contribution is 6.30. The van der Waals surface area contributed by atoms with Crippen LogP contribution in [0.5, 0.6) is 5.75 Å². The van der Waals surface area contributed by atoms with Gasteiger partial charge < -0.3 is 20.1 Å². The van der Waals surface area contributed by atoms with Gasteiger partial charge in [-0.25, -0.2) is 5.43 Å². The Balaban J connectivity index is 1.58. The first kappa shape index (κ1) is 22.2. The maximum absolute atomic E-state index is 11.0. The zero-order valence-electron chi connectivity index (χ0n) is 17.2. The number of hydrogen-bond acceptors (Lipinski definition) is 11. The number of nitro benzene ring substituents is 1. The van der Waals surface area contributed by atoms with Gasteiger partial charge in [0.05, 0.1) is 24.4 Å². The van der Waals surface area contributed by atoms with E-state index >= 15 is 0 Å². The Bertz CT molecular complexity index is 1170. The SMILES string of the molecule is O=[N+]([O-])c1ccc(O)c(C=NNc2nc(Nc3ccc(Cl)cc3)nc(N3CCOCC3)n2)c1. The van der Waals surface area contributed by atoms with E-state index in [4.69, 9.17) is 16.3 Å². The number of nitrogens with one attached hydrogen (secondary N) is 2. The molecule has 2 heterocycles. The smallest absolute Gasteiger partial charge is 0.270 e. The summed E-state index contributed by atoms with van der Waals surface area (Å²) in [6, 6.07) is 10.7. The number of ether oxygens (including phenoxy) is 1. The lowest BCUT2D eigenvalue weighted by Gasteiger charge is -2.27. The molecule has 0 saturated carbocycles. The van der Waals surface area contributed by atoms with Crippen molar-refractivity contribution in [2.45, 2.75) is 0 Å². The lowest BCUT2D eigenvalue weighted by atomic mass is 10.2. The third kappa shape index (κ3) is 5.81. The maximum atomic E-state index is 11.0. The standard InChI is InChI=1S/C20H19ClN8O4/c21-14-1-3-15(4-2-14)23-18-24-19(26-20(25-18)28-7-9-33-10-8-28)27-22-12-13-11-16(29(31)32)5-6-17(13)30/h1-6,11-12,30H,7-10H2,(H2,23,24,25,26,27). The van der Waals surface area contributed by atoms with Crippen molar-refractivity contribution in [3.05, 3.63) is 63.2 Å². The lowest BCUT2D eigenvalue weighted by Crippen LogP contribution is -2.37. The van der Waals surface area contributed by atoms with Crippen LogP contribution in [0.2, 0.25) is 5.02 Å². The summed E-state index contributed by atoms with van der Waals surface area (Å²) < 4.78 is 5.39. The zero-order valence-corrected chi connectivity index (χ0v) is 17.9. The largest absolute Gasteiger partial charge is 0.507 e. The van der Waals surface area contributed by atoms with E-state index in [9.17, 15) is 15.2 Å². The number of halogens is 1. The zero-order chi connectivity index (χ0) is 23.2. The van der Waals surface area contributed by atoms with Gasteiger partial charge in [0, 0.05) is 41.5 Å². The van der Waals surface area contributed by atoms with Crippen molar-refractivity contribution in [3.63, 3.8) is 0 Å². The highest BCUT2D eigenvalue weighted by Gasteiger charge is 2.17. The van der Waals surface area contributed by atoms with Crippen LogP contribution in [0.3, 0.4) is 0 Å². The first-order valence-corrected chi connectivity index (χ1v) is 10.2. The number of rotatable bonds is 7. The number of nitrogens with zero attached hydrogens (tertiary/aromatic N) is 6. The molecule has 1 aliphatic rings. The number of aromatic nitrogens is 3. The Morgan fingerprint density at radius 3 is 2.58 bits per heavy atom. The summed E-state index contributed by atoms with van der Waals surface area (Å²) in [7, 11) is 0. The molecule has 0 unspecified atom stereocenters.